The Hall–Kier alpha value is -0.800. The molecule has 1 fully saturated rings. The van der Waals surface area contributed by atoms with Gasteiger partial charge in [-0.05, 0) is 31.4 Å². The summed E-state index contributed by atoms with van der Waals surface area (Å²) in [5.41, 5.74) is 5.81. The molecule has 1 aliphatic rings. The van der Waals surface area contributed by atoms with Gasteiger partial charge in [0.1, 0.15) is 5.76 Å². The first kappa shape index (κ1) is 8.78. The van der Waals surface area contributed by atoms with Crippen LogP contribution in [0.5, 0.6) is 0 Å². The molecule has 0 saturated heterocycles. The first-order valence-corrected chi connectivity index (χ1v) is 4.86. The Morgan fingerprint density at radius 1 is 1.54 bits per heavy atom. The van der Waals surface area contributed by atoms with Crippen LogP contribution in [0.2, 0.25) is 0 Å². The first-order chi connectivity index (χ1) is 6.34. The molecule has 3 N–H and O–H groups in total. The van der Waals surface area contributed by atoms with E-state index < -0.39 is 0 Å². The molecule has 1 aliphatic carbocycles. The molecule has 0 radical (unpaired) electrons. The SMILES string of the molecule is NC1CCC(NCc2ccco2)C1. The van der Waals surface area contributed by atoms with Crippen molar-refractivity contribution in [2.24, 2.45) is 5.73 Å². The van der Waals surface area contributed by atoms with Gasteiger partial charge >= 0.3 is 0 Å². The van der Waals surface area contributed by atoms with Crippen molar-refractivity contribution in [3.63, 3.8) is 0 Å². The predicted molar refractivity (Wildman–Crippen MR) is 51.2 cm³/mol. The number of nitrogens with two attached hydrogens (primary N) is 1. The predicted octanol–water partition coefficient (Wildman–Crippen LogP) is 1.25. The van der Waals surface area contributed by atoms with Crippen LogP contribution in [0.4, 0.5) is 0 Å². The van der Waals surface area contributed by atoms with Crippen molar-refractivity contribution in [1.29, 1.82) is 0 Å². The van der Waals surface area contributed by atoms with E-state index in [4.69, 9.17) is 10.2 Å². The van der Waals surface area contributed by atoms with Crippen LogP contribution < -0.4 is 11.1 Å². The standard InChI is InChI=1S/C10H16N2O/c11-8-3-4-9(6-8)12-7-10-2-1-5-13-10/h1-2,5,8-9,12H,3-4,6-7,11H2. The number of nitrogens with one attached hydrogen (secondary N) is 1. The lowest BCUT2D eigenvalue weighted by molar-refractivity contribution is 0.444. The third kappa shape index (κ3) is 2.32. The summed E-state index contributed by atoms with van der Waals surface area (Å²) in [6.07, 6.45) is 5.15. The summed E-state index contributed by atoms with van der Waals surface area (Å²) in [6, 6.07) is 4.88. The van der Waals surface area contributed by atoms with Gasteiger partial charge in [0.05, 0.1) is 12.8 Å². The maximum atomic E-state index is 5.81. The van der Waals surface area contributed by atoms with E-state index in [9.17, 15) is 0 Å². The van der Waals surface area contributed by atoms with Crippen LogP contribution in [0.3, 0.4) is 0 Å². The molecule has 1 aromatic rings. The zero-order valence-corrected chi connectivity index (χ0v) is 7.70. The molecule has 0 bridgehead atoms. The molecule has 1 heterocycles. The van der Waals surface area contributed by atoms with Crippen molar-refractivity contribution in [2.75, 3.05) is 0 Å². The summed E-state index contributed by atoms with van der Waals surface area (Å²) < 4.78 is 5.23. The maximum absolute atomic E-state index is 5.81. The molecule has 3 heteroatoms. The van der Waals surface area contributed by atoms with Crippen LogP contribution in [-0.4, -0.2) is 12.1 Å². The molecule has 13 heavy (non-hydrogen) atoms. The van der Waals surface area contributed by atoms with E-state index in [0.717, 1.165) is 25.1 Å². The van der Waals surface area contributed by atoms with E-state index in [1.807, 2.05) is 12.1 Å². The molecule has 2 rings (SSSR count). The van der Waals surface area contributed by atoms with Crippen molar-refractivity contribution < 1.29 is 4.42 Å². The average Bonchev–Trinajstić information content (AvgIpc) is 2.71. The van der Waals surface area contributed by atoms with Gasteiger partial charge in [0.25, 0.3) is 0 Å². The van der Waals surface area contributed by atoms with Gasteiger partial charge in [0.15, 0.2) is 0 Å². The highest BCUT2D eigenvalue weighted by Crippen LogP contribution is 2.17. The third-order valence-corrected chi connectivity index (χ3v) is 2.62. The van der Waals surface area contributed by atoms with Gasteiger partial charge in [-0.1, -0.05) is 0 Å². The molecule has 1 saturated carbocycles. The Morgan fingerprint density at radius 3 is 3.08 bits per heavy atom. The minimum atomic E-state index is 0.397. The molecule has 2 atom stereocenters. The van der Waals surface area contributed by atoms with E-state index in [1.165, 1.54) is 6.42 Å². The number of hydrogen-bond acceptors (Lipinski definition) is 3. The van der Waals surface area contributed by atoms with Crippen LogP contribution in [0.1, 0.15) is 25.0 Å². The largest absolute Gasteiger partial charge is 0.468 e. The average molecular weight is 180 g/mol. The minimum absolute atomic E-state index is 0.397. The van der Waals surface area contributed by atoms with E-state index in [-0.39, 0.29) is 0 Å². The third-order valence-electron chi connectivity index (χ3n) is 2.62. The lowest BCUT2D eigenvalue weighted by Crippen LogP contribution is -2.27. The van der Waals surface area contributed by atoms with E-state index >= 15 is 0 Å². The fourth-order valence-electron chi connectivity index (χ4n) is 1.86. The Labute approximate surface area is 78.3 Å². The van der Waals surface area contributed by atoms with Crippen LogP contribution in [0.15, 0.2) is 22.8 Å². The fraction of sp³-hybridized carbons (Fsp3) is 0.600. The van der Waals surface area contributed by atoms with Gasteiger partial charge in [-0.15, -0.1) is 0 Å². The number of rotatable bonds is 3. The Bertz CT molecular complexity index is 245. The molecule has 3 nitrogen and oxygen atoms in total. The van der Waals surface area contributed by atoms with Crippen LogP contribution in [0, 0.1) is 0 Å². The van der Waals surface area contributed by atoms with Crippen molar-refractivity contribution >= 4 is 0 Å². The Morgan fingerprint density at radius 2 is 2.46 bits per heavy atom. The Kier molecular flexibility index (Phi) is 2.66. The number of furan rings is 1. The van der Waals surface area contributed by atoms with Gasteiger partial charge in [0.2, 0.25) is 0 Å². The van der Waals surface area contributed by atoms with E-state index in [2.05, 4.69) is 5.32 Å². The second-order valence-corrected chi connectivity index (χ2v) is 3.73. The van der Waals surface area contributed by atoms with Gasteiger partial charge < -0.3 is 15.5 Å². The molecule has 2 unspecified atom stereocenters. The Balaban J connectivity index is 1.74. The molecular weight excluding hydrogens is 164 g/mol. The maximum Gasteiger partial charge on any atom is 0.117 e. The van der Waals surface area contributed by atoms with Crippen molar-refractivity contribution in [2.45, 2.75) is 37.9 Å². The zero-order valence-electron chi connectivity index (χ0n) is 7.70. The summed E-state index contributed by atoms with van der Waals surface area (Å²) in [6.45, 7) is 0.824. The van der Waals surface area contributed by atoms with Gasteiger partial charge in [-0.25, -0.2) is 0 Å². The molecule has 1 aromatic heterocycles. The van der Waals surface area contributed by atoms with E-state index in [1.54, 1.807) is 6.26 Å². The number of hydrogen-bond donors (Lipinski definition) is 2. The highest BCUT2D eigenvalue weighted by Gasteiger charge is 2.20. The summed E-state index contributed by atoms with van der Waals surface area (Å²) >= 11 is 0. The molecule has 0 aliphatic heterocycles. The van der Waals surface area contributed by atoms with Gasteiger partial charge in [-0.2, -0.15) is 0 Å². The van der Waals surface area contributed by atoms with Crippen molar-refractivity contribution in [1.82, 2.24) is 5.32 Å². The van der Waals surface area contributed by atoms with Crippen LogP contribution in [-0.2, 0) is 6.54 Å². The molecule has 72 valence electrons. The summed E-state index contributed by atoms with van der Waals surface area (Å²) in [7, 11) is 0. The minimum Gasteiger partial charge on any atom is -0.468 e. The van der Waals surface area contributed by atoms with Gasteiger partial charge in [0, 0.05) is 12.1 Å². The molecular formula is C10H16N2O. The zero-order chi connectivity index (χ0) is 9.10. The lowest BCUT2D eigenvalue weighted by atomic mass is 10.2. The quantitative estimate of drug-likeness (QED) is 0.736. The second kappa shape index (κ2) is 3.94. The monoisotopic (exact) mass is 180 g/mol. The summed E-state index contributed by atoms with van der Waals surface area (Å²) in [4.78, 5) is 0. The normalized spacial score (nSPS) is 28.1. The summed E-state index contributed by atoms with van der Waals surface area (Å²) in [5, 5.41) is 3.44. The highest BCUT2D eigenvalue weighted by molar-refractivity contribution is 4.98. The highest BCUT2D eigenvalue weighted by atomic mass is 16.3. The topological polar surface area (TPSA) is 51.2 Å². The van der Waals surface area contributed by atoms with Crippen LogP contribution in [0.25, 0.3) is 0 Å². The molecule has 0 amide bonds. The molecule has 0 spiro atoms. The molecule has 0 aromatic carbocycles. The summed E-state index contributed by atoms with van der Waals surface area (Å²) in [5.74, 6) is 1.00. The van der Waals surface area contributed by atoms with Crippen molar-refractivity contribution in [3.8, 4) is 0 Å². The van der Waals surface area contributed by atoms with E-state index in [0.29, 0.717) is 12.1 Å². The van der Waals surface area contributed by atoms with Gasteiger partial charge in [-0.3, -0.25) is 0 Å². The fourth-order valence-corrected chi connectivity index (χ4v) is 1.86. The van der Waals surface area contributed by atoms with Crippen molar-refractivity contribution in [3.05, 3.63) is 24.2 Å². The smallest absolute Gasteiger partial charge is 0.117 e. The lowest BCUT2D eigenvalue weighted by Gasteiger charge is -2.10. The van der Waals surface area contributed by atoms with Crippen LogP contribution >= 0.6 is 0 Å². The second-order valence-electron chi connectivity index (χ2n) is 3.73. The first-order valence-electron chi connectivity index (χ1n) is 4.86.